The lowest BCUT2D eigenvalue weighted by atomic mass is 9.79. The lowest BCUT2D eigenvalue weighted by molar-refractivity contribution is 0.279. The van der Waals surface area contributed by atoms with Crippen LogP contribution in [0.3, 0.4) is 0 Å². The maximum absolute atomic E-state index is 7.38. The molecule has 0 saturated heterocycles. The van der Waals surface area contributed by atoms with E-state index in [4.69, 9.17) is 4.74 Å². The molecule has 11 aromatic carbocycles. The fourth-order valence-electron chi connectivity index (χ4n) is 11.6. The van der Waals surface area contributed by atoms with Crippen LogP contribution in [0.25, 0.3) is 105 Å². The molecule has 2 unspecified atom stereocenters. The van der Waals surface area contributed by atoms with Gasteiger partial charge in [-0.05, 0) is 120 Å². The van der Waals surface area contributed by atoms with Crippen molar-refractivity contribution in [2.75, 3.05) is 0 Å². The van der Waals surface area contributed by atoms with Gasteiger partial charge in [0.25, 0.3) is 0 Å². The van der Waals surface area contributed by atoms with E-state index in [-0.39, 0.29) is 12.0 Å². The van der Waals surface area contributed by atoms with Crippen molar-refractivity contribution in [1.82, 2.24) is 4.57 Å². The minimum Gasteiger partial charge on any atom is -0.484 e. The summed E-state index contributed by atoms with van der Waals surface area (Å²) in [7, 11) is 0. The molecule has 70 heavy (non-hydrogen) atoms. The van der Waals surface area contributed by atoms with E-state index in [0.717, 1.165) is 33.6 Å². The summed E-state index contributed by atoms with van der Waals surface area (Å²) in [5.74, 6) is 0.952. The third-order valence-corrected chi connectivity index (χ3v) is 14.7. The number of rotatable bonds is 7. The fraction of sp³-hybridized carbons (Fsp3) is 0.0294. The summed E-state index contributed by atoms with van der Waals surface area (Å²) in [6.45, 7) is 0. The first kappa shape index (κ1) is 40.1. The van der Waals surface area contributed by atoms with Gasteiger partial charge in [0.1, 0.15) is 11.9 Å². The van der Waals surface area contributed by atoms with Gasteiger partial charge in [-0.1, -0.05) is 218 Å². The summed E-state index contributed by atoms with van der Waals surface area (Å²) < 4.78 is 9.85. The SMILES string of the molecule is C1=C(c2ccccc2)C=C(c2ccc3c4ccccc4n(-c4cccc(-c5c6ccccc6c(-c6ccccc6)c6ccccc56)c4)c3c2)C2Oc3c(-c4ccccc4)cc(-c4ccccc4)cc3C12. The van der Waals surface area contributed by atoms with Crippen molar-refractivity contribution in [3.63, 3.8) is 0 Å². The zero-order chi connectivity index (χ0) is 46.1. The highest BCUT2D eigenvalue weighted by atomic mass is 16.5. The predicted octanol–water partition coefficient (Wildman–Crippen LogP) is 17.8. The van der Waals surface area contributed by atoms with E-state index in [1.807, 2.05) is 0 Å². The molecule has 12 aromatic rings. The van der Waals surface area contributed by atoms with Gasteiger partial charge in [0.15, 0.2) is 0 Å². The zero-order valence-electron chi connectivity index (χ0n) is 38.3. The Morgan fingerprint density at radius 2 is 0.871 bits per heavy atom. The molecule has 2 heteroatoms. The Morgan fingerprint density at radius 1 is 0.343 bits per heavy atom. The molecule has 2 nitrogen and oxygen atoms in total. The van der Waals surface area contributed by atoms with E-state index in [9.17, 15) is 0 Å². The van der Waals surface area contributed by atoms with Crippen LogP contribution in [0.1, 0.15) is 22.6 Å². The van der Waals surface area contributed by atoms with Crippen molar-refractivity contribution in [3.8, 4) is 55.9 Å². The monoisotopic (exact) mass is 891 g/mol. The maximum atomic E-state index is 7.38. The summed E-state index contributed by atoms with van der Waals surface area (Å²) in [4.78, 5) is 0. The van der Waals surface area contributed by atoms with Crippen LogP contribution in [0, 0.1) is 0 Å². The van der Waals surface area contributed by atoms with Gasteiger partial charge in [-0.3, -0.25) is 0 Å². The number of para-hydroxylation sites is 1. The van der Waals surface area contributed by atoms with Crippen LogP contribution >= 0.6 is 0 Å². The van der Waals surface area contributed by atoms with E-state index in [0.29, 0.717) is 0 Å². The Morgan fingerprint density at radius 3 is 1.53 bits per heavy atom. The van der Waals surface area contributed by atoms with Crippen molar-refractivity contribution in [2.24, 2.45) is 0 Å². The highest BCUT2D eigenvalue weighted by Gasteiger charge is 2.40. The van der Waals surface area contributed by atoms with Gasteiger partial charge in [0.2, 0.25) is 0 Å². The second-order valence-corrected chi connectivity index (χ2v) is 18.7. The standard InChI is InChI=1S/C68H45NO/c1-5-20-44(21-6-1)50-39-59(46-24-9-3-10-25-46)67-61(41-50)62-42-51(45-22-7-2-8-23-45)40-60(68(62)70-67)48-36-37-54-53-30-17-18-35-63(53)69(64(54)43-48)52-29-19-28-49(38-52)66-57-33-15-13-31-55(57)65(47-26-11-4-12-27-47)56-32-14-16-34-58(56)66/h1-43,62,68H. The molecule has 0 radical (unpaired) electrons. The normalized spacial score (nSPS) is 15.1. The summed E-state index contributed by atoms with van der Waals surface area (Å²) in [6.07, 6.45) is 4.60. The molecule has 0 amide bonds. The van der Waals surface area contributed by atoms with Gasteiger partial charge >= 0.3 is 0 Å². The highest BCUT2D eigenvalue weighted by Crippen LogP contribution is 2.54. The number of allylic oxidation sites excluding steroid dienone is 2. The molecule has 1 aliphatic carbocycles. The van der Waals surface area contributed by atoms with Crippen molar-refractivity contribution in [3.05, 3.63) is 278 Å². The lowest BCUT2D eigenvalue weighted by Gasteiger charge is -2.26. The van der Waals surface area contributed by atoms with Crippen LogP contribution in [0.5, 0.6) is 5.75 Å². The minimum absolute atomic E-state index is 0.00695. The van der Waals surface area contributed by atoms with E-state index in [2.05, 4.69) is 265 Å². The molecule has 0 fully saturated rings. The second kappa shape index (κ2) is 16.4. The summed E-state index contributed by atoms with van der Waals surface area (Å²) in [5, 5.41) is 7.43. The number of hydrogen-bond acceptors (Lipinski definition) is 1. The van der Waals surface area contributed by atoms with Crippen LogP contribution in [-0.4, -0.2) is 10.7 Å². The van der Waals surface area contributed by atoms with Gasteiger partial charge in [-0.25, -0.2) is 0 Å². The molecule has 0 saturated carbocycles. The van der Waals surface area contributed by atoms with Crippen molar-refractivity contribution in [1.29, 1.82) is 0 Å². The Bertz CT molecular complexity index is 4010. The highest BCUT2D eigenvalue weighted by molar-refractivity contribution is 6.21. The van der Waals surface area contributed by atoms with Gasteiger partial charge in [-0.15, -0.1) is 0 Å². The molecule has 2 atom stereocenters. The van der Waals surface area contributed by atoms with E-state index >= 15 is 0 Å². The number of aromatic nitrogens is 1. The van der Waals surface area contributed by atoms with Crippen molar-refractivity contribution >= 4 is 54.5 Å². The first-order chi connectivity index (χ1) is 34.7. The second-order valence-electron chi connectivity index (χ2n) is 18.7. The largest absolute Gasteiger partial charge is 0.484 e. The predicted molar refractivity (Wildman–Crippen MR) is 294 cm³/mol. The van der Waals surface area contributed by atoms with Crippen LogP contribution in [0.15, 0.2) is 261 Å². The van der Waals surface area contributed by atoms with Crippen molar-refractivity contribution in [2.45, 2.75) is 12.0 Å². The number of benzene rings is 11. The van der Waals surface area contributed by atoms with Crippen molar-refractivity contribution < 1.29 is 4.74 Å². The van der Waals surface area contributed by atoms with Crippen LogP contribution in [0.2, 0.25) is 0 Å². The molecular weight excluding hydrogens is 847 g/mol. The molecule has 1 aromatic heterocycles. The first-order valence-corrected chi connectivity index (χ1v) is 24.3. The molecule has 0 spiro atoms. The summed E-state index contributed by atoms with van der Waals surface area (Å²) in [5.41, 5.74) is 18.9. The third kappa shape index (κ3) is 6.49. The van der Waals surface area contributed by atoms with Gasteiger partial charge < -0.3 is 9.30 Å². The quantitative estimate of drug-likeness (QED) is 0.145. The number of nitrogens with zero attached hydrogens (tertiary/aromatic N) is 1. The number of hydrogen-bond donors (Lipinski definition) is 0. The smallest absolute Gasteiger partial charge is 0.135 e. The van der Waals surface area contributed by atoms with Crippen LogP contribution in [0.4, 0.5) is 0 Å². The van der Waals surface area contributed by atoms with Gasteiger partial charge in [0.05, 0.1) is 11.0 Å². The summed E-state index contributed by atoms with van der Waals surface area (Å²) >= 11 is 0. The number of ether oxygens (including phenoxy) is 1. The van der Waals surface area contributed by atoms with Gasteiger partial charge in [-0.2, -0.15) is 0 Å². The van der Waals surface area contributed by atoms with Crippen LogP contribution in [-0.2, 0) is 0 Å². The lowest BCUT2D eigenvalue weighted by Crippen LogP contribution is -2.22. The molecular formula is C68H45NO. The maximum Gasteiger partial charge on any atom is 0.135 e. The van der Waals surface area contributed by atoms with E-state index in [1.54, 1.807) is 0 Å². The molecule has 2 aliphatic rings. The Kier molecular flexibility index (Phi) is 9.38. The topological polar surface area (TPSA) is 14.2 Å². The third-order valence-electron chi connectivity index (χ3n) is 14.7. The molecule has 2 heterocycles. The molecule has 328 valence electrons. The fourth-order valence-corrected chi connectivity index (χ4v) is 11.6. The minimum atomic E-state index is -0.227. The average Bonchev–Trinajstić information content (AvgIpc) is 3.98. The Labute approximate surface area is 407 Å². The Hall–Kier alpha value is -8.98. The van der Waals surface area contributed by atoms with Crippen LogP contribution < -0.4 is 4.74 Å². The molecule has 0 N–H and O–H groups in total. The van der Waals surface area contributed by atoms with E-state index < -0.39 is 0 Å². The van der Waals surface area contributed by atoms with E-state index in [1.165, 1.54) is 93.5 Å². The molecule has 14 rings (SSSR count). The zero-order valence-corrected chi connectivity index (χ0v) is 38.3. The summed E-state index contributed by atoms with van der Waals surface area (Å²) in [6, 6.07) is 90.7. The molecule has 0 bridgehead atoms. The first-order valence-electron chi connectivity index (χ1n) is 24.3. The molecule has 1 aliphatic heterocycles. The average molecular weight is 892 g/mol. The van der Waals surface area contributed by atoms with Gasteiger partial charge in [0, 0.05) is 39.1 Å². The Balaban J connectivity index is 0.956. The number of fused-ring (bicyclic) bond motifs is 8.